The summed E-state index contributed by atoms with van der Waals surface area (Å²) in [5, 5.41) is 10.4. The first kappa shape index (κ1) is 15.7. The Morgan fingerprint density at radius 3 is 2.36 bits per heavy atom. The average molecular weight is 336 g/mol. The Hall–Kier alpha value is -2.79. The van der Waals surface area contributed by atoms with Crippen LogP contribution in [0.1, 0.15) is 67.2 Å². The highest BCUT2D eigenvalue weighted by Crippen LogP contribution is 2.41. The molecule has 0 amide bonds. The number of fused-ring (bicyclic) bond motifs is 4. The zero-order valence-corrected chi connectivity index (χ0v) is 13.8. The highest BCUT2D eigenvalue weighted by molar-refractivity contribution is 6.32. The van der Waals surface area contributed by atoms with Gasteiger partial charge in [0.05, 0.1) is 18.8 Å². The monoisotopic (exact) mass is 336 g/mol. The lowest BCUT2D eigenvalue weighted by Crippen LogP contribution is -2.30. The molecule has 2 aliphatic carbocycles. The number of benzene rings is 2. The molecule has 2 aromatic rings. The number of hydrogen-bond donors (Lipinski definition) is 1. The molecule has 0 aliphatic heterocycles. The summed E-state index contributed by atoms with van der Waals surface area (Å²) in [6.45, 7) is 1.79. The Bertz CT molecular complexity index is 957. The van der Waals surface area contributed by atoms with E-state index in [1.165, 1.54) is 13.2 Å². The Kier molecular flexibility index (Phi) is 3.37. The van der Waals surface area contributed by atoms with Crippen LogP contribution in [0.2, 0.25) is 0 Å². The Labute approximate surface area is 144 Å². The summed E-state index contributed by atoms with van der Waals surface area (Å²) in [5.74, 6) is -0.822. The molecule has 2 aromatic carbocycles. The Balaban J connectivity index is 2.03. The van der Waals surface area contributed by atoms with E-state index in [0.29, 0.717) is 11.3 Å². The van der Waals surface area contributed by atoms with Crippen LogP contribution >= 0.6 is 0 Å². The molecule has 0 aromatic heterocycles. The molecule has 0 saturated carbocycles. The van der Waals surface area contributed by atoms with Gasteiger partial charge in [-0.2, -0.15) is 0 Å². The van der Waals surface area contributed by atoms with Crippen LogP contribution in [-0.2, 0) is 0 Å². The Morgan fingerprint density at radius 2 is 1.64 bits per heavy atom. The van der Waals surface area contributed by atoms with Crippen LogP contribution < -0.4 is 4.74 Å². The molecule has 5 heteroatoms. The van der Waals surface area contributed by atoms with Crippen LogP contribution in [0.25, 0.3) is 0 Å². The van der Waals surface area contributed by atoms with Gasteiger partial charge in [0.15, 0.2) is 17.3 Å². The second-order valence-corrected chi connectivity index (χ2v) is 6.54. The van der Waals surface area contributed by atoms with E-state index in [9.17, 15) is 19.5 Å². The summed E-state index contributed by atoms with van der Waals surface area (Å²) < 4.78 is 5.23. The van der Waals surface area contributed by atoms with Crippen LogP contribution in [0.4, 0.5) is 0 Å². The summed E-state index contributed by atoms with van der Waals surface area (Å²) in [4.78, 5) is 38.7. The number of carbonyl (C=O) groups excluding carboxylic acids is 3. The van der Waals surface area contributed by atoms with Crippen LogP contribution in [0.15, 0.2) is 30.3 Å². The number of aliphatic hydroxyl groups excluding tert-OH is 1. The first-order valence-corrected chi connectivity index (χ1v) is 8.10. The van der Waals surface area contributed by atoms with Crippen LogP contribution in [0.5, 0.6) is 5.75 Å². The van der Waals surface area contributed by atoms with Gasteiger partial charge in [-0.25, -0.2) is 0 Å². The van der Waals surface area contributed by atoms with E-state index in [-0.39, 0.29) is 57.5 Å². The fourth-order valence-electron chi connectivity index (χ4n) is 3.80. The molecule has 0 bridgehead atoms. The third-order valence-corrected chi connectivity index (χ3v) is 5.07. The van der Waals surface area contributed by atoms with Crippen molar-refractivity contribution < 1.29 is 24.2 Å². The number of ether oxygens (including phenoxy) is 1. The van der Waals surface area contributed by atoms with Crippen molar-refractivity contribution in [3.63, 3.8) is 0 Å². The number of ketones is 3. The topological polar surface area (TPSA) is 80.7 Å². The van der Waals surface area contributed by atoms with Gasteiger partial charge in [0.2, 0.25) is 0 Å². The van der Waals surface area contributed by atoms with E-state index < -0.39 is 6.10 Å². The highest BCUT2D eigenvalue weighted by atomic mass is 16.5. The molecule has 0 fully saturated rings. The van der Waals surface area contributed by atoms with Crippen LogP contribution in [0, 0.1) is 5.92 Å². The predicted molar refractivity (Wildman–Crippen MR) is 89.4 cm³/mol. The zero-order chi connectivity index (χ0) is 17.9. The van der Waals surface area contributed by atoms with Gasteiger partial charge in [0, 0.05) is 28.7 Å². The van der Waals surface area contributed by atoms with Gasteiger partial charge in [-0.1, -0.05) is 25.1 Å². The minimum Gasteiger partial charge on any atom is -0.496 e. The van der Waals surface area contributed by atoms with Gasteiger partial charge < -0.3 is 9.84 Å². The summed E-state index contributed by atoms with van der Waals surface area (Å²) >= 11 is 0. The standard InChI is InChI=1S/C20H16O5/c1-9-8-13(21)15-11(18(9)22)6-7-12-17(15)20(24)10-4-3-5-14(25-2)16(10)19(12)23/h3-7,9,18,22H,8H2,1-2H3/t9-,18+/m0/s1. The lowest BCUT2D eigenvalue weighted by atomic mass is 9.73. The van der Waals surface area contributed by atoms with Gasteiger partial charge >= 0.3 is 0 Å². The van der Waals surface area contributed by atoms with Crippen molar-refractivity contribution in [2.24, 2.45) is 5.92 Å². The minimum absolute atomic E-state index is 0.110. The lowest BCUT2D eigenvalue weighted by Gasteiger charge is -2.30. The summed E-state index contributed by atoms with van der Waals surface area (Å²) in [7, 11) is 1.44. The smallest absolute Gasteiger partial charge is 0.198 e. The molecule has 0 spiro atoms. The largest absolute Gasteiger partial charge is 0.496 e. The van der Waals surface area contributed by atoms with Gasteiger partial charge in [-0.05, 0) is 23.6 Å². The van der Waals surface area contributed by atoms with Crippen molar-refractivity contribution >= 4 is 17.3 Å². The quantitative estimate of drug-likeness (QED) is 0.739. The van der Waals surface area contributed by atoms with Crippen LogP contribution in [-0.4, -0.2) is 29.6 Å². The van der Waals surface area contributed by atoms with Gasteiger partial charge in [-0.3, -0.25) is 14.4 Å². The number of hydrogen-bond acceptors (Lipinski definition) is 5. The van der Waals surface area contributed by atoms with Crippen molar-refractivity contribution in [2.75, 3.05) is 7.11 Å². The highest BCUT2D eigenvalue weighted by Gasteiger charge is 2.40. The van der Waals surface area contributed by atoms with Gasteiger partial charge in [0.25, 0.3) is 0 Å². The maximum absolute atomic E-state index is 13.1. The normalized spacial score (nSPS) is 21.5. The molecule has 0 radical (unpaired) electrons. The maximum Gasteiger partial charge on any atom is 0.198 e. The predicted octanol–water partition coefficient (Wildman–Crippen LogP) is 2.73. The Morgan fingerprint density at radius 1 is 0.960 bits per heavy atom. The summed E-state index contributed by atoms with van der Waals surface area (Å²) in [6, 6.07) is 7.94. The molecule has 5 nitrogen and oxygen atoms in total. The SMILES string of the molecule is COc1cccc2c1C(=O)c1ccc3c(c1C2=O)C(=O)C[C@H](C)[C@H]3O. The van der Waals surface area contributed by atoms with Crippen molar-refractivity contribution in [2.45, 2.75) is 19.4 Å². The fourth-order valence-corrected chi connectivity index (χ4v) is 3.80. The van der Waals surface area contributed by atoms with E-state index in [4.69, 9.17) is 4.74 Å². The molecule has 2 atom stereocenters. The third kappa shape index (κ3) is 2.02. The molecule has 0 saturated heterocycles. The molecule has 126 valence electrons. The first-order chi connectivity index (χ1) is 12.0. The molecular weight excluding hydrogens is 320 g/mol. The van der Waals surface area contributed by atoms with E-state index >= 15 is 0 Å². The van der Waals surface area contributed by atoms with E-state index in [1.54, 1.807) is 31.2 Å². The number of methoxy groups -OCH3 is 1. The van der Waals surface area contributed by atoms with Crippen molar-refractivity contribution in [3.8, 4) is 5.75 Å². The molecule has 2 aliphatic rings. The number of carbonyl (C=O) groups is 3. The zero-order valence-electron chi connectivity index (χ0n) is 13.8. The molecule has 0 heterocycles. The van der Waals surface area contributed by atoms with Gasteiger partial charge in [0.1, 0.15) is 5.75 Å². The molecule has 4 rings (SSSR count). The van der Waals surface area contributed by atoms with Crippen molar-refractivity contribution in [1.29, 1.82) is 0 Å². The molecular formula is C20H16O5. The summed E-state index contributed by atoms with van der Waals surface area (Å²) in [5.41, 5.74) is 1.37. The minimum atomic E-state index is -0.826. The molecule has 1 N–H and O–H groups in total. The van der Waals surface area contributed by atoms with E-state index in [0.717, 1.165) is 0 Å². The third-order valence-electron chi connectivity index (χ3n) is 5.07. The van der Waals surface area contributed by atoms with Gasteiger partial charge in [-0.15, -0.1) is 0 Å². The van der Waals surface area contributed by atoms with Crippen molar-refractivity contribution in [1.82, 2.24) is 0 Å². The number of aliphatic hydroxyl groups is 1. The number of rotatable bonds is 1. The number of Topliss-reactive ketones (excluding diaryl/α,β-unsaturated/α-hetero) is 1. The van der Waals surface area contributed by atoms with E-state index in [2.05, 4.69) is 0 Å². The maximum atomic E-state index is 13.1. The molecule has 25 heavy (non-hydrogen) atoms. The van der Waals surface area contributed by atoms with E-state index in [1.807, 2.05) is 0 Å². The average Bonchev–Trinajstić information content (AvgIpc) is 2.62. The second kappa shape index (κ2) is 5.36. The van der Waals surface area contributed by atoms with Crippen LogP contribution in [0.3, 0.4) is 0 Å². The first-order valence-electron chi connectivity index (χ1n) is 8.10. The molecule has 0 unspecified atom stereocenters. The summed E-state index contributed by atoms with van der Waals surface area (Å²) in [6.07, 6.45) is -0.676. The fraction of sp³-hybridized carbons (Fsp3) is 0.250. The van der Waals surface area contributed by atoms with Crippen molar-refractivity contribution in [3.05, 3.63) is 63.7 Å². The lowest BCUT2D eigenvalue weighted by molar-refractivity contribution is 0.0745. The second-order valence-electron chi connectivity index (χ2n) is 6.54.